The zero-order valence-electron chi connectivity index (χ0n) is 12.6. The molecular formula is C16H21N3O2. The maximum atomic E-state index is 5.53. The van der Waals surface area contributed by atoms with E-state index in [1.54, 1.807) is 0 Å². The first-order chi connectivity index (χ1) is 10.2. The van der Waals surface area contributed by atoms with Crippen LogP contribution in [0.2, 0.25) is 0 Å². The maximum Gasteiger partial charge on any atom is 0.241 e. The Balaban J connectivity index is 1.67. The largest absolute Gasteiger partial charge is 0.376 e. The standard InChI is InChI=1S/C16H21N3O2/c1-3-13-4-6-14(7-5-13)16-17-15(21-18-16)11-19-8-9-20-12(2)10-19/h4-7,12H,3,8-11H2,1-2H3. The lowest BCUT2D eigenvalue weighted by atomic mass is 10.1. The summed E-state index contributed by atoms with van der Waals surface area (Å²) in [6.07, 6.45) is 1.30. The second-order valence-electron chi connectivity index (χ2n) is 5.48. The van der Waals surface area contributed by atoms with E-state index in [1.807, 2.05) is 12.1 Å². The Morgan fingerprint density at radius 2 is 2.10 bits per heavy atom. The molecule has 0 N–H and O–H groups in total. The summed E-state index contributed by atoms with van der Waals surface area (Å²) < 4.78 is 10.9. The van der Waals surface area contributed by atoms with Crippen LogP contribution in [-0.4, -0.2) is 40.8 Å². The molecule has 1 aromatic carbocycles. The molecule has 1 fully saturated rings. The molecule has 0 bridgehead atoms. The molecule has 5 heteroatoms. The van der Waals surface area contributed by atoms with Crippen molar-refractivity contribution in [1.82, 2.24) is 15.0 Å². The molecule has 0 saturated carbocycles. The molecule has 0 radical (unpaired) electrons. The molecule has 1 saturated heterocycles. The lowest BCUT2D eigenvalue weighted by molar-refractivity contribution is -0.0240. The van der Waals surface area contributed by atoms with Crippen molar-refractivity contribution >= 4 is 0 Å². The molecule has 112 valence electrons. The molecule has 2 heterocycles. The van der Waals surface area contributed by atoms with Gasteiger partial charge in [0.25, 0.3) is 0 Å². The fraction of sp³-hybridized carbons (Fsp3) is 0.500. The van der Waals surface area contributed by atoms with Gasteiger partial charge >= 0.3 is 0 Å². The van der Waals surface area contributed by atoms with Gasteiger partial charge in [0.15, 0.2) is 0 Å². The third-order valence-electron chi connectivity index (χ3n) is 3.77. The van der Waals surface area contributed by atoms with Crippen LogP contribution in [0.3, 0.4) is 0 Å². The number of aryl methyl sites for hydroxylation is 1. The van der Waals surface area contributed by atoms with Crippen molar-refractivity contribution in [3.8, 4) is 11.4 Å². The number of rotatable bonds is 4. The average molecular weight is 287 g/mol. The van der Waals surface area contributed by atoms with Gasteiger partial charge in [0.1, 0.15) is 0 Å². The predicted molar refractivity (Wildman–Crippen MR) is 79.8 cm³/mol. The molecular weight excluding hydrogens is 266 g/mol. The molecule has 0 spiro atoms. The Morgan fingerprint density at radius 3 is 2.81 bits per heavy atom. The summed E-state index contributed by atoms with van der Waals surface area (Å²) >= 11 is 0. The van der Waals surface area contributed by atoms with Crippen molar-refractivity contribution in [3.05, 3.63) is 35.7 Å². The van der Waals surface area contributed by atoms with E-state index in [-0.39, 0.29) is 6.10 Å². The van der Waals surface area contributed by atoms with Gasteiger partial charge in [0.05, 0.1) is 19.3 Å². The van der Waals surface area contributed by atoms with Gasteiger partial charge in [0.2, 0.25) is 11.7 Å². The zero-order chi connectivity index (χ0) is 14.7. The highest BCUT2D eigenvalue weighted by Gasteiger charge is 2.19. The molecule has 1 aliphatic rings. The highest BCUT2D eigenvalue weighted by Crippen LogP contribution is 2.18. The van der Waals surface area contributed by atoms with Crippen molar-refractivity contribution in [2.24, 2.45) is 0 Å². The molecule has 1 unspecified atom stereocenters. The highest BCUT2D eigenvalue weighted by molar-refractivity contribution is 5.54. The first-order valence-corrected chi connectivity index (χ1v) is 7.50. The molecule has 0 aliphatic carbocycles. The van der Waals surface area contributed by atoms with Crippen molar-refractivity contribution in [2.75, 3.05) is 19.7 Å². The summed E-state index contributed by atoms with van der Waals surface area (Å²) in [6.45, 7) is 7.50. The molecule has 3 rings (SSSR count). The van der Waals surface area contributed by atoms with E-state index in [1.165, 1.54) is 5.56 Å². The highest BCUT2D eigenvalue weighted by atomic mass is 16.5. The molecule has 2 aromatic rings. The third-order valence-corrected chi connectivity index (χ3v) is 3.77. The van der Waals surface area contributed by atoms with E-state index in [0.717, 1.165) is 31.7 Å². The third kappa shape index (κ3) is 3.49. The van der Waals surface area contributed by atoms with E-state index < -0.39 is 0 Å². The van der Waals surface area contributed by atoms with Gasteiger partial charge in [-0.25, -0.2) is 0 Å². The maximum absolute atomic E-state index is 5.53. The summed E-state index contributed by atoms with van der Waals surface area (Å²) in [7, 11) is 0. The minimum atomic E-state index is 0.266. The number of nitrogens with zero attached hydrogens (tertiary/aromatic N) is 3. The van der Waals surface area contributed by atoms with Crippen LogP contribution in [0.5, 0.6) is 0 Å². The van der Waals surface area contributed by atoms with Gasteiger partial charge in [-0.3, -0.25) is 4.90 Å². The van der Waals surface area contributed by atoms with E-state index in [4.69, 9.17) is 9.26 Å². The monoisotopic (exact) mass is 287 g/mol. The Bertz CT molecular complexity index is 579. The van der Waals surface area contributed by atoms with Crippen molar-refractivity contribution in [1.29, 1.82) is 0 Å². The number of benzene rings is 1. The quantitative estimate of drug-likeness (QED) is 0.865. The summed E-state index contributed by atoms with van der Waals surface area (Å²) in [6, 6.07) is 8.30. The van der Waals surface area contributed by atoms with Crippen LogP contribution >= 0.6 is 0 Å². The normalized spacial score (nSPS) is 19.8. The molecule has 0 amide bonds. The van der Waals surface area contributed by atoms with Gasteiger partial charge in [-0.2, -0.15) is 4.98 Å². The molecule has 1 atom stereocenters. The Labute approximate surface area is 124 Å². The number of hydrogen-bond acceptors (Lipinski definition) is 5. The summed E-state index contributed by atoms with van der Waals surface area (Å²) in [5, 5.41) is 4.08. The topological polar surface area (TPSA) is 51.4 Å². The van der Waals surface area contributed by atoms with Crippen LogP contribution in [0.1, 0.15) is 25.3 Å². The molecule has 1 aromatic heterocycles. The number of aromatic nitrogens is 2. The summed E-state index contributed by atoms with van der Waals surface area (Å²) in [5.41, 5.74) is 2.31. The van der Waals surface area contributed by atoms with E-state index in [2.05, 4.69) is 41.0 Å². The number of ether oxygens (including phenoxy) is 1. The molecule has 21 heavy (non-hydrogen) atoms. The lowest BCUT2D eigenvalue weighted by Crippen LogP contribution is -2.40. The van der Waals surface area contributed by atoms with Crippen molar-refractivity contribution in [3.63, 3.8) is 0 Å². The second-order valence-corrected chi connectivity index (χ2v) is 5.48. The van der Waals surface area contributed by atoms with E-state index >= 15 is 0 Å². The summed E-state index contributed by atoms with van der Waals surface area (Å²) in [5.74, 6) is 1.33. The predicted octanol–water partition coefficient (Wildman–Crippen LogP) is 2.52. The zero-order valence-corrected chi connectivity index (χ0v) is 12.6. The summed E-state index contributed by atoms with van der Waals surface area (Å²) in [4.78, 5) is 6.78. The van der Waals surface area contributed by atoms with E-state index in [9.17, 15) is 0 Å². The lowest BCUT2D eigenvalue weighted by Gasteiger charge is -2.29. The number of morpholine rings is 1. The van der Waals surface area contributed by atoms with Gasteiger partial charge in [-0.05, 0) is 18.9 Å². The van der Waals surface area contributed by atoms with Crippen LogP contribution in [-0.2, 0) is 17.7 Å². The van der Waals surface area contributed by atoms with Crippen LogP contribution in [0.25, 0.3) is 11.4 Å². The SMILES string of the molecule is CCc1ccc(-c2noc(CN3CCOC(C)C3)n2)cc1. The molecule has 1 aliphatic heterocycles. The van der Waals surface area contributed by atoms with Crippen molar-refractivity contribution < 1.29 is 9.26 Å². The van der Waals surface area contributed by atoms with Gasteiger partial charge in [-0.1, -0.05) is 36.3 Å². The fourth-order valence-electron chi connectivity index (χ4n) is 2.55. The van der Waals surface area contributed by atoms with Crippen LogP contribution < -0.4 is 0 Å². The molecule has 5 nitrogen and oxygen atoms in total. The Morgan fingerprint density at radius 1 is 1.29 bits per heavy atom. The minimum Gasteiger partial charge on any atom is -0.376 e. The van der Waals surface area contributed by atoms with Crippen LogP contribution in [0.15, 0.2) is 28.8 Å². The minimum absolute atomic E-state index is 0.266. The van der Waals surface area contributed by atoms with Gasteiger partial charge < -0.3 is 9.26 Å². The number of hydrogen-bond donors (Lipinski definition) is 0. The van der Waals surface area contributed by atoms with Crippen LogP contribution in [0.4, 0.5) is 0 Å². The van der Waals surface area contributed by atoms with Crippen LogP contribution in [0, 0.1) is 0 Å². The first-order valence-electron chi connectivity index (χ1n) is 7.50. The van der Waals surface area contributed by atoms with E-state index in [0.29, 0.717) is 18.3 Å². The Kier molecular flexibility index (Phi) is 4.31. The Hall–Kier alpha value is -1.72. The fourth-order valence-corrected chi connectivity index (χ4v) is 2.55. The smallest absolute Gasteiger partial charge is 0.241 e. The van der Waals surface area contributed by atoms with Gasteiger partial charge in [-0.15, -0.1) is 0 Å². The van der Waals surface area contributed by atoms with Crippen molar-refractivity contribution in [2.45, 2.75) is 32.9 Å². The average Bonchev–Trinajstić information content (AvgIpc) is 2.96. The second kappa shape index (κ2) is 6.37. The van der Waals surface area contributed by atoms with Gasteiger partial charge in [0, 0.05) is 18.7 Å². The first kappa shape index (κ1) is 14.2.